The van der Waals surface area contributed by atoms with Gasteiger partial charge >= 0.3 is 0 Å². The van der Waals surface area contributed by atoms with Crippen LogP contribution in [0.3, 0.4) is 0 Å². The molecule has 2 atom stereocenters. The van der Waals surface area contributed by atoms with E-state index in [-0.39, 0.29) is 18.1 Å². The number of aliphatic hydroxyl groups excluding tert-OH is 1. The molecular weight excluding hydrogens is 384 g/mol. The first kappa shape index (κ1) is 22.6. The van der Waals surface area contributed by atoms with E-state index in [1.165, 1.54) is 22.4 Å². The highest BCUT2D eigenvalue weighted by Crippen LogP contribution is 2.38. The van der Waals surface area contributed by atoms with E-state index in [1.54, 1.807) is 7.05 Å². The van der Waals surface area contributed by atoms with Crippen LogP contribution in [0.1, 0.15) is 35.2 Å². The second-order valence-electron chi connectivity index (χ2n) is 7.84. The molecule has 2 N–H and O–H groups in total. The zero-order valence-electron chi connectivity index (χ0n) is 18.6. The summed E-state index contributed by atoms with van der Waals surface area (Å²) in [5.74, 6) is 0.0520. The van der Waals surface area contributed by atoms with E-state index in [4.69, 9.17) is 0 Å². The van der Waals surface area contributed by atoms with Crippen LogP contribution in [-0.4, -0.2) is 31.2 Å². The fourth-order valence-electron chi connectivity index (χ4n) is 4.19. The van der Waals surface area contributed by atoms with Crippen LogP contribution in [0.4, 0.5) is 5.69 Å². The average Bonchev–Trinajstić information content (AvgIpc) is 3.15. The summed E-state index contributed by atoms with van der Waals surface area (Å²) in [4.78, 5) is 13.1. The predicted octanol–water partition coefficient (Wildman–Crippen LogP) is 4.32. The van der Waals surface area contributed by atoms with Gasteiger partial charge < -0.3 is 15.3 Å². The molecule has 0 bridgehead atoms. The van der Waals surface area contributed by atoms with Crippen LogP contribution in [0.15, 0.2) is 78.9 Å². The van der Waals surface area contributed by atoms with Gasteiger partial charge in [0.2, 0.25) is 5.91 Å². The Labute approximate surface area is 185 Å². The quantitative estimate of drug-likeness (QED) is 0.651. The molecule has 0 aromatic heterocycles. The summed E-state index contributed by atoms with van der Waals surface area (Å²) in [6.07, 6.45) is 1.89. The van der Waals surface area contributed by atoms with E-state index >= 15 is 0 Å². The Balaban J connectivity index is 0.000000210. The minimum absolute atomic E-state index is 0.0520. The van der Waals surface area contributed by atoms with Crippen molar-refractivity contribution >= 4 is 11.6 Å². The van der Waals surface area contributed by atoms with Gasteiger partial charge in [-0.1, -0.05) is 79.7 Å². The summed E-state index contributed by atoms with van der Waals surface area (Å²) >= 11 is 0. The number of benzene rings is 3. The third-order valence-corrected chi connectivity index (χ3v) is 5.82. The molecule has 0 spiro atoms. The number of nitrogens with zero attached hydrogens (tertiary/aromatic N) is 1. The molecule has 1 aliphatic rings. The number of hydrogen-bond donors (Lipinski definition) is 2. The summed E-state index contributed by atoms with van der Waals surface area (Å²) < 4.78 is 0. The number of hydrogen-bond acceptors (Lipinski definition) is 3. The maximum atomic E-state index is 10.9. The van der Waals surface area contributed by atoms with Gasteiger partial charge in [-0.3, -0.25) is 4.79 Å². The topological polar surface area (TPSA) is 52.6 Å². The van der Waals surface area contributed by atoms with Crippen molar-refractivity contribution < 1.29 is 9.90 Å². The minimum atomic E-state index is -0.331. The molecule has 4 nitrogen and oxygen atoms in total. The zero-order chi connectivity index (χ0) is 22.2. The molecule has 4 heteroatoms. The van der Waals surface area contributed by atoms with E-state index in [2.05, 4.69) is 66.7 Å². The van der Waals surface area contributed by atoms with Crippen molar-refractivity contribution in [2.75, 3.05) is 19.0 Å². The van der Waals surface area contributed by atoms with Gasteiger partial charge in [0.15, 0.2) is 0 Å². The fraction of sp³-hybridized carbons (Fsp3) is 0.296. The highest BCUT2D eigenvalue weighted by molar-refractivity contribution is 5.78. The summed E-state index contributed by atoms with van der Waals surface area (Å²) in [6, 6.07) is 26.6. The Morgan fingerprint density at radius 3 is 2.35 bits per heavy atom. The van der Waals surface area contributed by atoms with Crippen LogP contribution in [0, 0.1) is 0 Å². The van der Waals surface area contributed by atoms with Crippen molar-refractivity contribution in [2.45, 2.75) is 38.3 Å². The smallest absolute Gasteiger partial charge is 0.224 e. The van der Waals surface area contributed by atoms with Crippen LogP contribution in [-0.2, 0) is 24.1 Å². The first-order valence-electron chi connectivity index (χ1n) is 10.9. The summed E-state index contributed by atoms with van der Waals surface area (Å²) in [5, 5.41) is 13.0. The summed E-state index contributed by atoms with van der Waals surface area (Å²) in [7, 11) is 3.73. The number of anilines is 1. The first-order chi connectivity index (χ1) is 15.0. The maximum Gasteiger partial charge on any atom is 0.224 e. The highest BCUT2D eigenvalue weighted by atomic mass is 16.3. The lowest BCUT2D eigenvalue weighted by atomic mass is 10.0. The summed E-state index contributed by atoms with van der Waals surface area (Å²) in [5.41, 5.74) is 6.12. The standard InChI is InChI=1S/C18H21NO.C9H11NO/c1-3-13-8-5-7-11-16(13)19(2)18-15-10-6-4-9-14(15)12-17(18)20;1-10-9(11)7-8-5-3-2-4-6-8/h4-11,17-18,20H,3,12H2,1-2H3;2-6H,7H2,1H3,(H,10,11). The molecule has 0 heterocycles. The van der Waals surface area contributed by atoms with Gasteiger partial charge in [-0.15, -0.1) is 0 Å². The van der Waals surface area contributed by atoms with E-state index < -0.39 is 0 Å². The average molecular weight is 417 g/mol. The number of nitrogens with one attached hydrogen (secondary N) is 1. The first-order valence-corrected chi connectivity index (χ1v) is 10.9. The van der Waals surface area contributed by atoms with Gasteiger partial charge in [0, 0.05) is 26.2 Å². The Bertz CT molecular complexity index is 987. The number of para-hydroxylation sites is 1. The van der Waals surface area contributed by atoms with Crippen molar-refractivity contribution in [2.24, 2.45) is 0 Å². The number of carbonyl (C=O) groups is 1. The molecule has 4 rings (SSSR count). The Kier molecular flexibility index (Phi) is 7.85. The third-order valence-electron chi connectivity index (χ3n) is 5.82. The molecule has 0 fully saturated rings. The largest absolute Gasteiger partial charge is 0.390 e. The number of aliphatic hydroxyl groups is 1. The van der Waals surface area contributed by atoms with Gasteiger partial charge in [-0.25, -0.2) is 0 Å². The molecule has 0 aliphatic heterocycles. The lowest BCUT2D eigenvalue weighted by molar-refractivity contribution is -0.119. The molecule has 0 saturated heterocycles. The van der Waals surface area contributed by atoms with E-state index in [0.717, 1.165) is 18.4 Å². The van der Waals surface area contributed by atoms with Crippen molar-refractivity contribution in [3.63, 3.8) is 0 Å². The molecule has 3 aromatic rings. The van der Waals surface area contributed by atoms with E-state index in [1.807, 2.05) is 36.4 Å². The van der Waals surface area contributed by atoms with Crippen LogP contribution >= 0.6 is 0 Å². The van der Waals surface area contributed by atoms with Gasteiger partial charge in [-0.2, -0.15) is 0 Å². The Morgan fingerprint density at radius 1 is 1.00 bits per heavy atom. The lowest BCUT2D eigenvalue weighted by Crippen LogP contribution is -2.31. The molecule has 0 saturated carbocycles. The molecule has 0 radical (unpaired) electrons. The molecular formula is C27H32N2O2. The lowest BCUT2D eigenvalue weighted by Gasteiger charge is -2.31. The zero-order valence-corrected chi connectivity index (χ0v) is 18.6. The monoisotopic (exact) mass is 416 g/mol. The number of likely N-dealkylation sites (N-methyl/N-ethyl adjacent to an activating group) is 2. The predicted molar refractivity (Wildman–Crippen MR) is 127 cm³/mol. The van der Waals surface area contributed by atoms with Gasteiger partial charge in [0.25, 0.3) is 0 Å². The number of amides is 1. The molecule has 162 valence electrons. The number of carbonyl (C=O) groups excluding carboxylic acids is 1. The molecule has 1 aliphatic carbocycles. The minimum Gasteiger partial charge on any atom is -0.390 e. The highest BCUT2D eigenvalue weighted by Gasteiger charge is 2.34. The van der Waals surface area contributed by atoms with Crippen molar-refractivity contribution in [3.8, 4) is 0 Å². The normalized spacial score (nSPS) is 16.6. The fourth-order valence-corrected chi connectivity index (χ4v) is 4.19. The molecule has 1 amide bonds. The van der Waals surface area contributed by atoms with Crippen molar-refractivity contribution in [1.82, 2.24) is 5.32 Å². The van der Waals surface area contributed by atoms with Crippen molar-refractivity contribution in [1.29, 1.82) is 0 Å². The van der Waals surface area contributed by atoms with Gasteiger partial charge in [0.05, 0.1) is 18.6 Å². The number of aryl methyl sites for hydroxylation is 1. The molecule has 31 heavy (non-hydrogen) atoms. The second kappa shape index (κ2) is 10.8. The maximum absolute atomic E-state index is 10.9. The Hall–Kier alpha value is -3.11. The van der Waals surface area contributed by atoms with Crippen LogP contribution in [0.5, 0.6) is 0 Å². The van der Waals surface area contributed by atoms with Crippen LogP contribution in [0.25, 0.3) is 0 Å². The van der Waals surface area contributed by atoms with E-state index in [9.17, 15) is 9.90 Å². The third kappa shape index (κ3) is 5.53. The van der Waals surface area contributed by atoms with Crippen LogP contribution < -0.4 is 10.2 Å². The summed E-state index contributed by atoms with van der Waals surface area (Å²) in [6.45, 7) is 2.17. The van der Waals surface area contributed by atoms with E-state index in [0.29, 0.717) is 6.42 Å². The van der Waals surface area contributed by atoms with Crippen LogP contribution in [0.2, 0.25) is 0 Å². The molecule has 2 unspecified atom stereocenters. The molecule has 3 aromatic carbocycles. The number of fused-ring (bicyclic) bond motifs is 1. The van der Waals surface area contributed by atoms with Crippen molar-refractivity contribution in [3.05, 3.63) is 101 Å². The second-order valence-corrected chi connectivity index (χ2v) is 7.84. The number of rotatable bonds is 5. The van der Waals surface area contributed by atoms with Gasteiger partial charge in [-0.05, 0) is 34.7 Å². The SMILES string of the molecule is CCc1ccccc1N(C)C1c2ccccc2CC1O.CNC(=O)Cc1ccccc1. The Morgan fingerprint density at radius 2 is 1.65 bits per heavy atom. The van der Waals surface area contributed by atoms with Gasteiger partial charge in [0.1, 0.15) is 0 Å².